The molecule has 1 aliphatic rings. The van der Waals surface area contributed by atoms with Crippen molar-refractivity contribution in [3.05, 3.63) is 58.4 Å². The predicted molar refractivity (Wildman–Crippen MR) is 107 cm³/mol. The number of benzene rings is 1. The van der Waals surface area contributed by atoms with Gasteiger partial charge in [-0.05, 0) is 37.3 Å². The van der Waals surface area contributed by atoms with Crippen molar-refractivity contribution >= 4 is 17.6 Å². The molecule has 1 heterocycles. The smallest absolute Gasteiger partial charge is 0.239 e. The highest BCUT2D eigenvalue weighted by molar-refractivity contribution is 6.01. The van der Waals surface area contributed by atoms with Gasteiger partial charge in [-0.2, -0.15) is 0 Å². The minimum Gasteiger partial charge on any atom is -0.358 e. The second-order valence-electron chi connectivity index (χ2n) is 7.18. The van der Waals surface area contributed by atoms with Gasteiger partial charge >= 0.3 is 0 Å². The second kappa shape index (κ2) is 8.87. The Bertz CT molecular complexity index is 884. The molecule has 2 amide bonds. The summed E-state index contributed by atoms with van der Waals surface area (Å²) < 4.78 is 2.21. The molecule has 2 N–H and O–H groups in total. The van der Waals surface area contributed by atoms with Gasteiger partial charge in [-0.25, -0.2) is 0 Å². The van der Waals surface area contributed by atoms with Gasteiger partial charge in [0.2, 0.25) is 11.8 Å². The Morgan fingerprint density at radius 2 is 1.86 bits per heavy atom. The minimum atomic E-state index is -0.247. The second-order valence-corrected chi connectivity index (χ2v) is 7.18. The van der Waals surface area contributed by atoms with Crippen molar-refractivity contribution in [2.45, 2.75) is 45.6 Å². The summed E-state index contributed by atoms with van der Waals surface area (Å²) >= 11 is 0. The van der Waals surface area contributed by atoms with Crippen LogP contribution in [-0.4, -0.2) is 35.8 Å². The maximum atomic E-state index is 12.6. The van der Waals surface area contributed by atoms with Gasteiger partial charge in [-0.3, -0.25) is 14.4 Å². The van der Waals surface area contributed by atoms with Crippen molar-refractivity contribution in [2.75, 3.05) is 13.6 Å². The van der Waals surface area contributed by atoms with Crippen LogP contribution in [0.3, 0.4) is 0 Å². The Labute approximate surface area is 165 Å². The van der Waals surface area contributed by atoms with Crippen LogP contribution in [0.25, 0.3) is 0 Å². The fourth-order valence-electron chi connectivity index (χ4n) is 3.88. The Kier molecular flexibility index (Phi) is 6.29. The highest BCUT2D eigenvalue weighted by Crippen LogP contribution is 2.30. The lowest BCUT2D eigenvalue weighted by atomic mass is 9.92. The van der Waals surface area contributed by atoms with Crippen molar-refractivity contribution in [1.82, 2.24) is 15.2 Å². The van der Waals surface area contributed by atoms with Crippen LogP contribution in [0.1, 0.15) is 45.7 Å². The molecule has 1 aliphatic carbocycles. The van der Waals surface area contributed by atoms with E-state index in [9.17, 15) is 14.4 Å². The molecule has 1 aromatic carbocycles. The van der Waals surface area contributed by atoms with Crippen LogP contribution in [0, 0.1) is 6.92 Å². The normalized spacial score (nSPS) is 13.1. The highest BCUT2D eigenvalue weighted by atomic mass is 16.2. The van der Waals surface area contributed by atoms with Crippen LogP contribution in [0.15, 0.2) is 30.3 Å². The third kappa shape index (κ3) is 4.32. The van der Waals surface area contributed by atoms with Gasteiger partial charge in [0.1, 0.15) is 0 Å². The molecule has 28 heavy (non-hydrogen) atoms. The van der Waals surface area contributed by atoms with E-state index in [1.54, 1.807) is 0 Å². The van der Waals surface area contributed by atoms with Crippen molar-refractivity contribution < 1.29 is 14.4 Å². The number of ketones is 1. The van der Waals surface area contributed by atoms with E-state index in [-0.39, 0.29) is 30.6 Å². The lowest BCUT2D eigenvalue weighted by Gasteiger charge is -2.16. The average Bonchev–Trinajstić information content (AvgIpc) is 2.97. The molecule has 0 fully saturated rings. The Hall–Kier alpha value is -2.89. The molecular formula is C22H27N3O3. The van der Waals surface area contributed by atoms with Crippen LogP contribution in [0.2, 0.25) is 0 Å². The van der Waals surface area contributed by atoms with Gasteiger partial charge in [0.05, 0.1) is 13.0 Å². The monoisotopic (exact) mass is 381 g/mol. The number of hydrogen-bond acceptors (Lipinski definition) is 3. The summed E-state index contributed by atoms with van der Waals surface area (Å²) in [6.07, 6.45) is 3.23. The fraction of sp³-hybridized carbons (Fsp3) is 0.409. The number of likely N-dealkylation sites (N-methyl/N-ethyl adjacent to an activating group) is 1. The van der Waals surface area contributed by atoms with Crippen molar-refractivity contribution in [3.8, 4) is 0 Å². The number of rotatable bonds is 7. The van der Waals surface area contributed by atoms with Gasteiger partial charge in [-0.1, -0.05) is 30.3 Å². The number of nitrogens with one attached hydrogen (secondary N) is 2. The third-order valence-corrected chi connectivity index (χ3v) is 5.38. The van der Waals surface area contributed by atoms with Crippen LogP contribution >= 0.6 is 0 Å². The summed E-state index contributed by atoms with van der Waals surface area (Å²) in [4.78, 5) is 36.3. The predicted octanol–water partition coefficient (Wildman–Crippen LogP) is 1.96. The first-order valence-electron chi connectivity index (χ1n) is 9.76. The summed E-state index contributed by atoms with van der Waals surface area (Å²) in [6.45, 7) is 2.71. The maximum Gasteiger partial charge on any atom is 0.239 e. The third-order valence-electron chi connectivity index (χ3n) is 5.38. The molecule has 6 nitrogen and oxygen atoms in total. The summed E-state index contributed by atoms with van der Waals surface area (Å²) in [6, 6.07) is 10.3. The number of fused-ring (bicyclic) bond motifs is 1. The molecule has 0 unspecified atom stereocenters. The van der Waals surface area contributed by atoms with Crippen molar-refractivity contribution in [3.63, 3.8) is 0 Å². The van der Waals surface area contributed by atoms with Crippen molar-refractivity contribution in [1.29, 1.82) is 0 Å². The summed E-state index contributed by atoms with van der Waals surface area (Å²) in [5.41, 5.74) is 4.82. The topological polar surface area (TPSA) is 80.2 Å². The highest BCUT2D eigenvalue weighted by Gasteiger charge is 2.28. The summed E-state index contributed by atoms with van der Waals surface area (Å²) in [5, 5.41) is 5.10. The van der Waals surface area contributed by atoms with Crippen LogP contribution in [0.5, 0.6) is 0 Å². The van der Waals surface area contributed by atoms with Crippen LogP contribution in [-0.2, 0) is 35.4 Å². The van der Waals surface area contributed by atoms with E-state index in [2.05, 4.69) is 27.3 Å². The van der Waals surface area contributed by atoms with E-state index in [1.807, 2.05) is 25.1 Å². The number of hydrogen-bond donors (Lipinski definition) is 2. The Morgan fingerprint density at radius 3 is 2.57 bits per heavy atom. The van der Waals surface area contributed by atoms with E-state index in [0.717, 1.165) is 48.3 Å². The number of aryl methyl sites for hydroxylation is 1. The number of aromatic nitrogens is 1. The molecule has 3 rings (SSSR count). The Balaban J connectivity index is 1.83. The number of amides is 2. The molecule has 0 spiro atoms. The average molecular weight is 381 g/mol. The van der Waals surface area contributed by atoms with E-state index in [0.29, 0.717) is 6.42 Å². The van der Waals surface area contributed by atoms with Gasteiger partial charge in [-0.15, -0.1) is 0 Å². The van der Waals surface area contributed by atoms with Crippen LogP contribution < -0.4 is 10.6 Å². The molecule has 1 aromatic heterocycles. The molecule has 148 valence electrons. The number of carbonyl (C=O) groups excluding carboxylic acids is 3. The van der Waals surface area contributed by atoms with Gasteiger partial charge in [0.25, 0.3) is 0 Å². The van der Waals surface area contributed by atoms with E-state index < -0.39 is 0 Å². The van der Waals surface area contributed by atoms with Gasteiger partial charge in [0.15, 0.2) is 5.78 Å². The van der Waals surface area contributed by atoms with Gasteiger partial charge < -0.3 is 15.2 Å². The molecule has 2 aromatic rings. The zero-order chi connectivity index (χ0) is 20.1. The molecule has 6 heteroatoms. The molecule has 0 saturated heterocycles. The molecule has 0 atom stereocenters. The first kappa shape index (κ1) is 19.9. The summed E-state index contributed by atoms with van der Waals surface area (Å²) in [7, 11) is 1.53. The van der Waals surface area contributed by atoms with Crippen LogP contribution in [0.4, 0.5) is 0 Å². The molecule has 0 bridgehead atoms. The largest absolute Gasteiger partial charge is 0.358 e. The molecule has 0 saturated carbocycles. The maximum absolute atomic E-state index is 12.6. The number of nitrogens with zero attached hydrogens (tertiary/aromatic N) is 1. The first-order chi connectivity index (χ1) is 13.5. The fourth-order valence-corrected chi connectivity index (χ4v) is 3.88. The molecule has 0 aliphatic heterocycles. The van der Waals surface area contributed by atoms with E-state index in [4.69, 9.17) is 0 Å². The quantitative estimate of drug-likeness (QED) is 0.769. The standard InChI is InChI=1S/C22H27N3O3/c1-15-17(13-20(27)24-14-21(28)23-2)22-18(9-6-10-19(22)26)25(15)12-11-16-7-4-3-5-8-16/h3-5,7-8H,6,9-14H2,1-2H3,(H,23,28)(H,24,27). The number of Topliss-reactive ketones (excluding diaryl/α,β-unsaturated/α-hetero) is 1. The van der Waals surface area contributed by atoms with E-state index >= 15 is 0 Å². The van der Waals surface area contributed by atoms with E-state index in [1.165, 1.54) is 12.6 Å². The molecule has 0 radical (unpaired) electrons. The lowest BCUT2D eigenvalue weighted by Crippen LogP contribution is -2.36. The minimum absolute atomic E-state index is 0.0563. The number of carbonyl (C=O) groups is 3. The zero-order valence-electron chi connectivity index (χ0n) is 16.5. The van der Waals surface area contributed by atoms with Gasteiger partial charge in [0, 0.05) is 37.0 Å². The first-order valence-corrected chi connectivity index (χ1v) is 9.76. The SMILES string of the molecule is CNC(=O)CNC(=O)Cc1c2c(n(CCc3ccccc3)c1C)CCCC2=O. The lowest BCUT2D eigenvalue weighted by molar-refractivity contribution is -0.125. The molecular weight excluding hydrogens is 354 g/mol. The van der Waals surface area contributed by atoms with Crippen molar-refractivity contribution in [2.24, 2.45) is 0 Å². The zero-order valence-corrected chi connectivity index (χ0v) is 16.5. The Morgan fingerprint density at radius 1 is 1.11 bits per heavy atom. The summed E-state index contributed by atoms with van der Waals surface area (Å²) in [5.74, 6) is -0.367.